The Hall–Kier alpha value is -2.26. The van der Waals surface area contributed by atoms with Gasteiger partial charge in [-0.2, -0.15) is 8.42 Å². The lowest BCUT2D eigenvalue weighted by atomic mass is 10.1. The van der Waals surface area contributed by atoms with Gasteiger partial charge in [-0.1, -0.05) is 31.5 Å². The number of hydrogen-bond donors (Lipinski definition) is 2. The molecule has 24 heavy (non-hydrogen) atoms. The predicted molar refractivity (Wildman–Crippen MR) is 85.0 cm³/mol. The molecule has 1 atom stereocenters. The number of hydrogen-bond acceptors (Lipinski definition) is 5. The number of carboxylic acid groups (broad SMARTS) is 1. The zero-order valence-electron chi connectivity index (χ0n) is 13.1. The predicted octanol–water partition coefficient (Wildman–Crippen LogP) is 1.19. The standard InChI is InChI=1S/C15H19NO7S/c1-2-3-9-13(17)16(12(15(19)20)10-24(21,22)23)14(18)11-7-5-4-6-8-11/h4-8,12H,2-3,9-10H2,1H3,(H,19,20)(H,21,22,23)/t12-/m0/s1. The number of nitrogens with zero attached hydrogens (tertiary/aromatic N) is 1. The molecule has 0 aliphatic rings. The molecule has 0 aliphatic carbocycles. The Morgan fingerprint density at radius 1 is 1.17 bits per heavy atom. The summed E-state index contributed by atoms with van der Waals surface area (Å²) >= 11 is 0. The van der Waals surface area contributed by atoms with Gasteiger partial charge >= 0.3 is 5.97 Å². The van der Waals surface area contributed by atoms with E-state index < -0.39 is 39.7 Å². The second kappa shape index (κ2) is 8.55. The van der Waals surface area contributed by atoms with Crippen LogP contribution < -0.4 is 0 Å². The molecule has 1 aromatic carbocycles. The van der Waals surface area contributed by atoms with Crippen molar-refractivity contribution in [2.24, 2.45) is 0 Å². The van der Waals surface area contributed by atoms with Crippen LogP contribution in [0.4, 0.5) is 0 Å². The van der Waals surface area contributed by atoms with Gasteiger partial charge in [0.25, 0.3) is 16.0 Å². The fourth-order valence-electron chi connectivity index (χ4n) is 2.05. The van der Waals surface area contributed by atoms with Crippen LogP contribution in [0.1, 0.15) is 36.5 Å². The van der Waals surface area contributed by atoms with Crippen LogP contribution in [-0.2, 0) is 19.7 Å². The van der Waals surface area contributed by atoms with Gasteiger partial charge < -0.3 is 5.11 Å². The Labute approximate surface area is 139 Å². The van der Waals surface area contributed by atoms with Gasteiger partial charge in [0, 0.05) is 12.0 Å². The maximum atomic E-state index is 12.5. The molecule has 132 valence electrons. The number of rotatable bonds is 8. The molecule has 9 heteroatoms. The smallest absolute Gasteiger partial charge is 0.328 e. The second-order valence-electron chi connectivity index (χ2n) is 5.14. The van der Waals surface area contributed by atoms with Crippen LogP contribution in [-0.4, -0.2) is 52.6 Å². The second-order valence-corrected chi connectivity index (χ2v) is 6.64. The maximum Gasteiger partial charge on any atom is 0.328 e. The normalized spacial score (nSPS) is 12.4. The Kier molecular flexibility index (Phi) is 7.05. The van der Waals surface area contributed by atoms with E-state index in [1.807, 2.05) is 6.92 Å². The summed E-state index contributed by atoms with van der Waals surface area (Å²) in [6.07, 6.45) is 0.940. The van der Waals surface area contributed by atoms with Crippen LogP contribution >= 0.6 is 0 Å². The molecule has 0 radical (unpaired) electrons. The van der Waals surface area contributed by atoms with Crippen LogP contribution in [0.5, 0.6) is 0 Å². The Morgan fingerprint density at radius 3 is 2.21 bits per heavy atom. The van der Waals surface area contributed by atoms with E-state index >= 15 is 0 Å². The maximum absolute atomic E-state index is 12.5. The van der Waals surface area contributed by atoms with Gasteiger partial charge in [0.1, 0.15) is 5.75 Å². The molecule has 8 nitrogen and oxygen atoms in total. The van der Waals surface area contributed by atoms with E-state index in [9.17, 15) is 27.9 Å². The van der Waals surface area contributed by atoms with Gasteiger partial charge in [-0.3, -0.25) is 19.0 Å². The zero-order valence-corrected chi connectivity index (χ0v) is 13.9. The lowest BCUT2D eigenvalue weighted by molar-refractivity contribution is -0.147. The van der Waals surface area contributed by atoms with E-state index in [2.05, 4.69) is 0 Å². The number of amides is 2. The van der Waals surface area contributed by atoms with Gasteiger partial charge in [-0.25, -0.2) is 4.79 Å². The number of carbonyl (C=O) groups is 3. The van der Waals surface area contributed by atoms with Crippen LogP contribution in [0.3, 0.4) is 0 Å². The molecule has 0 heterocycles. The van der Waals surface area contributed by atoms with Crippen molar-refractivity contribution in [3.05, 3.63) is 35.9 Å². The molecule has 0 bridgehead atoms. The van der Waals surface area contributed by atoms with Crippen molar-refractivity contribution in [3.8, 4) is 0 Å². The van der Waals surface area contributed by atoms with E-state index in [1.165, 1.54) is 24.3 Å². The lowest BCUT2D eigenvalue weighted by Gasteiger charge is -2.26. The Balaban J connectivity index is 3.27. The largest absolute Gasteiger partial charge is 0.480 e. The van der Waals surface area contributed by atoms with E-state index in [0.717, 1.165) is 0 Å². The number of unbranched alkanes of at least 4 members (excludes halogenated alkanes) is 1. The first-order valence-corrected chi connectivity index (χ1v) is 8.87. The average molecular weight is 357 g/mol. The molecular weight excluding hydrogens is 338 g/mol. The third-order valence-corrected chi connectivity index (χ3v) is 3.95. The average Bonchev–Trinajstić information content (AvgIpc) is 2.51. The van der Waals surface area contributed by atoms with Crippen molar-refractivity contribution in [1.29, 1.82) is 0 Å². The first-order valence-electron chi connectivity index (χ1n) is 7.26. The van der Waals surface area contributed by atoms with Gasteiger partial charge in [0.05, 0.1) is 0 Å². The van der Waals surface area contributed by atoms with Crippen molar-refractivity contribution >= 4 is 27.9 Å². The van der Waals surface area contributed by atoms with Crippen molar-refractivity contribution < 1.29 is 32.5 Å². The van der Waals surface area contributed by atoms with Gasteiger partial charge in [0.15, 0.2) is 6.04 Å². The summed E-state index contributed by atoms with van der Waals surface area (Å²) in [5.74, 6) is -4.69. The monoisotopic (exact) mass is 357 g/mol. The molecule has 0 aromatic heterocycles. The van der Waals surface area contributed by atoms with Crippen LogP contribution in [0.25, 0.3) is 0 Å². The Morgan fingerprint density at radius 2 is 1.75 bits per heavy atom. The third kappa shape index (κ3) is 5.74. The first-order chi connectivity index (χ1) is 11.2. The summed E-state index contributed by atoms with van der Waals surface area (Å²) in [5.41, 5.74) is 0.0453. The number of carbonyl (C=O) groups excluding carboxylic acids is 2. The molecule has 1 rings (SSSR count). The fraction of sp³-hybridized carbons (Fsp3) is 0.400. The lowest BCUT2D eigenvalue weighted by Crippen LogP contribution is -2.51. The highest BCUT2D eigenvalue weighted by Gasteiger charge is 2.37. The van der Waals surface area contributed by atoms with Crippen LogP contribution in [0.15, 0.2) is 30.3 Å². The molecule has 2 N–H and O–H groups in total. The summed E-state index contributed by atoms with van der Waals surface area (Å²) < 4.78 is 31.1. The third-order valence-electron chi connectivity index (χ3n) is 3.22. The van der Waals surface area contributed by atoms with E-state index in [1.54, 1.807) is 6.07 Å². The summed E-state index contributed by atoms with van der Waals surface area (Å²) in [6, 6.07) is 5.45. The first kappa shape index (κ1) is 19.8. The number of benzene rings is 1. The molecule has 0 aliphatic heterocycles. The zero-order chi connectivity index (χ0) is 18.3. The quantitative estimate of drug-likeness (QED) is 0.668. The molecule has 2 amide bonds. The minimum Gasteiger partial charge on any atom is -0.480 e. The molecule has 1 aromatic rings. The van der Waals surface area contributed by atoms with Crippen molar-refractivity contribution in [2.75, 3.05) is 5.75 Å². The number of carboxylic acids is 1. The summed E-state index contributed by atoms with van der Waals surface area (Å²) in [6.45, 7) is 1.81. The Bertz CT molecular complexity index is 700. The van der Waals surface area contributed by atoms with Crippen LogP contribution in [0.2, 0.25) is 0 Å². The summed E-state index contributed by atoms with van der Waals surface area (Å²) in [5, 5.41) is 9.26. The highest BCUT2D eigenvalue weighted by Crippen LogP contribution is 2.14. The van der Waals surface area contributed by atoms with Crippen molar-refractivity contribution in [3.63, 3.8) is 0 Å². The van der Waals surface area contributed by atoms with E-state index in [-0.39, 0.29) is 12.0 Å². The minimum atomic E-state index is -4.71. The van der Waals surface area contributed by atoms with Crippen molar-refractivity contribution in [1.82, 2.24) is 4.90 Å². The van der Waals surface area contributed by atoms with Gasteiger partial charge in [0.2, 0.25) is 5.91 Å². The molecule has 0 saturated heterocycles. The number of imide groups is 1. The minimum absolute atomic E-state index is 0.0453. The highest BCUT2D eigenvalue weighted by molar-refractivity contribution is 7.85. The number of aliphatic carboxylic acids is 1. The summed E-state index contributed by atoms with van der Waals surface area (Å²) in [4.78, 5) is 36.7. The highest BCUT2D eigenvalue weighted by atomic mass is 32.2. The molecule has 0 fully saturated rings. The van der Waals surface area contributed by atoms with Crippen molar-refractivity contribution in [2.45, 2.75) is 32.2 Å². The SMILES string of the molecule is CCCCC(=O)N(C(=O)c1ccccc1)[C@@H](CS(=O)(=O)O)C(=O)O. The van der Waals surface area contributed by atoms with Gasteiger partial charge in [-0.05, 0) is 18.6 Å². The molecular formula is C15H19NO7S. The van der Waals surface area contributed by atoms with Gasteiger partial charge in [-0.15, -0.1) is 0 Å². The topological polar surface area (TPSA) is 129 Å². The molecule has 0 unspecified atom stereocenters. The van der Waals surface area contributed by atoms with Crippen LogP contribution in [0, 0.1) is 0 Å². The van der Waals surface area contributed by atoms with E-state index in [0.29, 0.717) is 17.7 Å². The fourth-order valence-corrected chi connectivity index (χ4v) is 2.74. The molecule has 0 saturated carbocycles. The summed E-state index contributed by atoms with van der Waals surface area (Å²) in [7, 11) is -4.71. The van der Waals surface area contributed by atoms with E-state index in [4.69, 9.17) is 4.55 Å². The molecule has 0 spiro atoms.